The Labute approximate surface area is 119 Å². The van der Waals surface area contributed by atoms with Crippen molar-refractivity contribution in [2.24, 2.45) is 0 Å². The van der Waals surface area contributed by atoms with Gasteiger partial charge in [-0.15, -0.1) is 11.3 Å². The third-order valence-corrected chi connectivity index (χ3v) is 3.33. The number of benzene rings is 1. The number of hydrogen-bond acceptors (Lipinski definition) is 4. The van der Waals surface area contributed by atoms with Gasteiger partial charge in [0.25, 0.3) is 0 Å². The third-order valence-electron chi connectivity index (χ3n) is 2.45. The van der Waals surface area contributed by atoms with E-state index in [1.807, 2.05) is 12.3 Å². The Balaban J connectivity index is 2.01. The van der Waals surface area contributed by atoms with E-state index in [2.05, 4.69) is 10.3 Å². The van der Waals surface area contributed by atoms with Crippen LogP contribution in [-0.2, 0) is 4.79 Å². The zero-order valence-electron chi connectivity index (χ0n) is 11.0. The van der Waals surface area contributed by atoms with Crippen molar-refractivity contribution in [2.45, 2.75) is 6.92 Å². The molecule has 1 N–H and O–H groups in total. The van der Waals surface area contributed by atoms with E-state index in [-0.39, 0.29) is 11.7 Å². The molecule has 0 aliphatic rings. The maximum absolute atomic E-state index is 13.5. The maximum Gasteiger partial charge on any atom is 0.250 e. The van der Waals surface area contributed by atoms with Crippen LogP contribution in [0.4, 0.5) is 9.52 Å². The number of aryl methyl sites for hydroxylation is 1. The second-order valence-corrected chi connectivity index (χ2v) is 4.87. The summed E-state index contributed by atoms with van der Waals surface area (Å²) < 4.78 is 18.3. The van der Waals surface area contributed by atoms with Gasteiger partial charge in [-0.05, 0) is 30.7 Å². The van der Waals surface area contributed by atoms with Gasteiger partial charge in [0.1, 0.15) is 0 Å². The van der Waals surface area contributed by atoms with Crippen molar-refractivity contribution in [3.05, 3.63) is 46.7 Å². The first kappa shape index (κ1) is 14.2. The minimum Gasteiger partial charge on any atom is -0.494 e. The highest BCUT2D eigenvalue weighted by atomic mass is 32.1. The molecule has 4 nitrogen and oxygen atoms in total. The van der Waals surface area contributed by atoms with E-state index in [4.69, 9.17) is 4.74 Å². The molecule has 0 aliphatic carbocycles. The van der Waals surface area contributed by atoms with Crippen LogP contribution in [-0.4, -0.2) is 18.0 Å². The molecule has 20 heavy (non-hydrogen) atoms. The monoisotopic (exact) mass is 292 g/mol. The van der Waals surface area contributed by atoms with E-state index in [1.54, 1.807) is 6.07 Å². The number of thiazole rings is 1. The van der Waals surface area contributed by atoms with E-state index in [1.165, 1.54) is 42.7 Å². The molecule has 6 heteroatoms. The number of carbonyl (C=O) groups excluding carboxylic acids is 1. The fourth-order valence-electron chi connectivity index (χ4n) is 1.52. The minimum absolute atomic E-state index is 0.171. The third kappa shape index (κ3) is 3.64. The maximum atomic E-state index is 13.5. The average Bonchev–Trinajstić information content (AvgIpc) is 2.82. The zero-order chi connectivity index (χ0) is 14.5. The number of hydrogen-bond donors (Lipinski definition) is 1. The fourth-order valence-corrected chi connectivity index (χ4v) is 2.21. The van der Waals surface area contributed by atoms with Gasteiger partial charge in [0.05, 0.1) is 12.8 Å². The molecule has 0 saturated carbocycles. The number of rotatable bonds is 4. The molecule has 0 saturated heterocycles. The van der Waals surface area contributed by atoms with Crippen LogP contribution in [0.5, 0.6) is 5.75 Å². The molecule has 1 heterocycles. The Morgan fingerprint density at radius 1 is 1.50 bits per heavy atom. The minimum atomic E-state index is -0.467. The van der Waals surface area contributed by atoms with Gasteiger partial charge in [0, 0.05) is 11.5 Å². The summed E-state index contributed by atoms with van der Waals surface area (Å²) in [5.74, 6) is -0.606. The lowest BCUT2D eigenvalue weighted by Gasteiger charge is -2.01. The van der Waals surface area contributed by atoms with Gasteiger partial charge in [0.2, 0.25) is 5.91 Å². The summed E-state index contributed by atoms with van der Waals surface area (Å²) in [5, 5.41) is 5.02. The molecule has 1 aromatic carbocycles. The smallest absolute Gasteiger partial charge is 0.250 e. The Hall–Kier alpha value is -2.21. The molecule has 1 amide bonds. The molecule has 0 fully saturated rings. The SMILES string of the molecule is COc1ccc(/C=C/C(=O)Nc2nc(C)cs2)cc1F. The lowest BCUT2D eigenvalue weighted by Crippen LogP contribution is -2.07. The number of halogens is 1. The Kier molecular flexibility index (Phi) is 4.47. The predicted octanol–water partition coefficient (Wildman–Crippen LogP) is 3.25. The van der Waals surface area contributed by atoms with Gasteiger partial charge in [-0.3, -0.25) is 10.1 Å². The molecule has 0 unspecified atom stereocenters. The first-order valence-electron chi connectivity index (χ1n) is 5.83. The van der Waals surface area contributed by atoms with Gasteiger partial charge in [-0.25, -0.2) is 9.37 Å². The summed E-state index contributed by atoms with van der Waals surface area (Å²) in [4.78, 5) is 15.8. The van der Waals surface area contributed by atoms with Crippen LogP contribution in [0.3, 0.4) is 0 Å². The van der Waals surface area contributed by atoms with Crippen LogP contribution in [0.1, 0.15) is 11.3 Å². The van der Waals surface area contributed by atoms with Gasteiger partial charge in [-0.2, -0.15) is 0 Å². The van der Waals surface area contributed by atoms with E-state index in [0.29, 0.717) is 10.7 Å². The Morgan fingerprint density at radius 2 is 2.30 bits per heavy atom. The largest absolute Gasteiger partial charge is 0.494 e. The summed E-state index contributed by atoms with van der Waals surface area (Å²) in [7, 11) is 1.40. The highest BCUT2D eigenvalue weighted by molar-refractivity contribution is 7.13. The van der Waals surface area contributed by atoms with Crippen LogP contribution in [0.2, 0.25) is 0 Å². The van der Waals surface area contributed by atoms with Crippen molar-refractivity contribution in [3.63, 3.8) is 0 Å². The normalized spacial score (nSPS) is 10.8. The van der Waals surface area contributed by atoms with Crippen molar-refractivity contribution in [1.82, 2.24) is 4.98 Å². The summed E-state index contributed by atoms with van der Waals surface area (Å²) >= 11 is 1.35. The number of nitrogens with one attached hydrogen (secondary N) is 1. The van der Waals surface area contributed by atoms with Crippen LogP contribution < -0.4 is 10.1 Å². The molecule has 0 bridgehead atoms. The molecule has 2 rings (SSSR count). The number of nitrogens with zero attached hydrogens (tertiary/aromatic N) is 1. The van der Waals surface area contributed by atoms with E-state index in [9.17, 15) is 9.18 Å². The summed E-state index contributed by atoms with van der Waals surface area (Å²) in [6.07, 6.45) is 2.86. The lowest BCUT2D eigenvalue weighted by molar-refractivity contribution is -0.111. The van der Waals surface area contributed by atoms with Gasteiger partial charge >= 0.3 is 0 Å². The Bertz CT molecular complexity index is 652. The molecule has 0 spiro atoms. The number of carbonyl (C=O) groups is 1. The predicted molar refractivity (Wildman–Crippen MR) is 77.5 cm³/mol. The number of aromatic nitrogens is 1. The van der Waals surface area contributed by atoms with Gasteiger partial charge in [-0.1, -0.05) is 6.07 Å². The molecule has 0 radical (unpaired) electrons. The second kappa shape index (κ2) is 6.29. The van der Waals surface area contributed by atoms with E-state index >= 15 is 0 Å². The average molecular weight is 292 g/mol. The molecular formula is C14H13FN2O2S. The van der Waals surface area contributed by atoms with Crippen LogP contribution >= 0.6 is 11.3 Å². The number of ether oxygens (including phenoxy) is 1. The molecular weight excluding hydrogens is 279 g/mol. The van der Waals surface area contributed by atoms with Crippen molar-refractivity contribution in [1.29, 1.82) is 0 Å². The first-order valence-corrected chi connectivity index (χ1v) is 6.71. The number of amides is 1. The molecule has 1 aromatic heterocycles. The summed E-state index contributed by atoms with van der Waals surface area (Å²) in [6, 6.07) is 4.48. The van der Waals surface area contributed by atoms with Crippen molar-refractivity contribution >= 4 is 28.5 Å². The van der Waals surface area contributed by atoms with Crippen molar-refractivity contribution in [2.75, 3.05) is 12.4 Å². The van der Waals surface area contributed by atoms with Gasteiger partial charge in [0.15, 0.2) is 16.7 Å². The first-order chi connectivity index (χ1) is 9.58. The fraction of sp³-hybridized carbons (Fsp3) is 0.143. The van der Waals surface area contributed by atoms with Crippen molar-refractivity contribution < 1.29 is 13.9 Å². The van der Waals surface area contributed by atoms with E-state index in [0.717, 1.165) is 5.69 Å². The molecule has 2 aromatic rings. The van der Waals surface area contributed by atoms with Gasteiger partial charge < -0.3 is 4.74 Å². The standard InChI is InChI=1S/C14H13FN2O2S/c1-9-8-20-14(16-9)17-13(18)6-4-10-3-5-12(19-2)11(15)7-10/h3-8H,1-2H3,(H,16,17,18)/b6-4+. The number of methoxy groups -OCH3 is 1. The quantitative estimate of drug-likeness (QED) is 0.880. The van der Waals surface area contributed by atoms with E-state index < -0.39 is 5.82 Å². The topological polar surface area (TPSA) is 51.2 Å². The lowest BCUT2D eigenvalue weighted by atomic mass is 10.2. The molecule has 104 valence electrons. The highest BCUT2D eigenvalue weighted by Gasteiger charge is 2.03. The zero-order valence-corrected chi connectivity index (χ0v) is 11.8. The molecule has 0 aliphatic heterocycles. The van der Waals surface area contributed by atoms with Crippen LogP contribution in [0, 0.1) is 12.7 Å². The summed E-state index contributed by atoms with van der Waals surface area (Å²) in [5.41, 5.74) is 1.43. The van der Waals surface area contributed by atoms with Crippen molar-refractivity contribution in [3.8, 4) is 5.75 Å². The van der Waals surface area contributed by atoms with Crippen LogP contribution in [0.15, 0.2) is 29.7 Å². The number of anilines is 1. The molecule has 0 atom stereocenters. The second-order valence-electron chi connectivity index (χ2n) is 4.01. The van der Waals surface area contributed by atoms with Crippen LogP contribution in [0.25, 0.3) is 6.08 Å². The highest BCUT2D eigenvalue weighted by Crippen LogP contribution is 2.18. The summed E-state index contributed by atoms with van der Waals surface area (Å²) in [6.45, 7) is 1.85. The Morgan fingerprint density at radius 3 is 2.90 bits per heavy atom.